The minimum absolute atomic E-state index is 0.520. The first kappa shape index (κ1) is 13.9. The van der Waals surface area contributed by atoms with Crippen LogP contribution in [0.2, 0.25) is 0 Å². The maximum atomic E-state index is 10.4. The summed E-state index contributed by atoms with van der Waals surface area (Å²) in [4.78, 5) is 10.4. The van der Waals surface area contributed by atoms with Crippen molar-refractivity contribution < 1.29 is 14.6 Å². The van der Waals surface area contributed by atoms with Gasteiger partial charge in [0.05, 0.1) is 0 Å². The fraction of sp³-hybridized carbons (Fsp3) is 0.118. The molecule has 3 nitrogen and oxygen atoms in total. The van der Waals surface area contributed by atoms with Crippen LogP contribution in [0.5, 0.6) is 5.75 Å². The van der Waals surface area contributed by atoms with E-state index in [2.05, 4.69) is 6.07 Å². The SMILES string of the molecule is Cc1cccc(COc2ccc(/C=C\C(=O)O)cc2)c1. The van der Waals surface area contributed by atoms with E-state index in [0.717, 1.165) is 23.0 Å². The zero-order chi connectivity index (χ0) is 14.4. The predicted molar refractivity (Wildman–Crippen MR) is 78.6 cm³/mol. The highest BCUT2D eigenvalue weighted by atomic mass is 16.5. The highest BCUT2D eigenvalue weighted by Gasteiger charge is 1.97. The summed E-state index contributed by atoms with van der Waals surface area (Å²) in [5.74, 6) is -0.191. The molecule has 20 heavy (non-hydrogen) atoms. The summed E-state index contributed by atoms with van der Waals surface area (Å²) < 4.78 is 5.69. The van der Waals surface area contributed by atoms with Crippen molar-refractivity contribution >= 4 is 12.0 Å². The molecule has 0 aliphatic heterocycles. The average molecular weight is 268 g/mol. The molecule has 0 saturated heterocycles. The van der Waals surface area contributed by atoms with Gasteiger partial charge in [0.15, 0.2) is 0 Å². The quantitative estimate of drug-likeness (QED) is 0.841. The topological polar surface area (TPSA) is 46.5 Å². The first-order valence-corrected chi connectivity index (χ1v) is 6.33. The van der Waals surface area contributed by atoms with E-state index in [9.17, 15) is 4.79 Å². The van der Waals surface area contributed by atoms with Crippen LogP contribution in [0.15, 0.2) is 54.6 Å². The number of carbonyl (C=O) groups is 1. The number of aliphatic carboxylic acids is 1. The number of carboxylic acid groups (broad SMARTS) is 1. The largest absolute Gasteiger partial charge is 0.489 e. The molecule has 0 bridgehead atoms. The predicted octanol–water partition coefficient (Wildman–Crippen LogP) is 3.67. The average Bonchev–Trinajstić information content (AvgIpc) is 2.44. The molecule has 0 fully saturated rings. The van der Waals surface area contributed by atoms with Gasteiger partial charge in [0.1, 0.15) is 12.4 Å². The van der Waals surface area contributed by atoms with Gasteiger partial charge in [-0.2, -0.15) is 0 Å². The summed E-state index contributed by atoms with van der Waals surface area (Å²) in [6.07, 6.45) is 2.66. The summed E-state index contributed by atoms with van der Waals surface area (Å²) in [6, 6.07) is 15.5. The molecular weight excluding hydrogens is 252 g/mol. The Balaban J connectivity index is 1.95. The number of carboxylic acids is 1. The summed E-state index contributed by atoms with van der Waals surface area (Å²) >= 11 is 0. The molecule has 0 spiro atoms. The molecule has 0 aliphatic rings. The van der Waals surface area contributed by atoms with Crippen molar-refractivity contribution in [2.24, 2.45) is 0 Å². The Bertz CT molecular complexity index is 612. The lowest BCUT2D eigenvalue weighted by Gasteiger charge is -2.07. The van der Waals surface area contributed by atoms with Gasteiger partial charge < -0.3 is 9.84 Å². The van der Waals surface area contributed by atoms with E-state index in [-0.39, 0.29) is 0 Å². The van der Waals surface area contributed by atoms with Crippen molar-refractivity contribution in [2.75, 3.05) is 0 Å². The van der Waals surface area contributed by atoms with Crippen LogP contribution in [0, 0.1) is 6.92 Å². The molecule has 0 amide bonds. The smallest absolute Gasteiger partial charge is 0.328 e. The molecule has 1 N–H and O–H groups in total. The van der Waals surface area contributed by atoms with Crippen LogP contribution in [0.1, 0.15) is 16.7 Å². The maximum absolute atomic E-state index is 10.4. The second kappa shape index (κ2) is 6.57. The lowest BCUT2D eigenvalue weighted by Crippen LogP contribution is -1.95. The van der Waals surface area contributed by atoms with Crippen LogP contribution in [-0.4, -0.2) is 11.1 Å². The molecule has 3 heteroatoms. The molecule has 2 aromatic carbocycles. The fourth-order valence-corrected chi connectivity index (χ4v) is 1.81. The maximum Gasteiger partial charge on any atom is 0.328 e. The van der Waals surface area contributed by atoms with Crippen LogP contribution in [0.25, 0.3) is 6.08 Å². The third kappa shape index (κ3) is 4.28. The van der Waals surface area contributed by atoms with E-state index in [1.807, 2.05) is 49.4 Å². The monoisotopic (exact) mass is 268 g/mol. The molecule has 0 atom stereocenters. The minimum Gasteiger partial charge on any atom is -0.489 e. The first-order valence-electron chi connectivity index (χ1n) is 6.33. The number of hydrogen-bond donors (Lipinski definition) is 1. The van der Waals surface area contributed by atoms with Crippen LogP contribution < -0.4 is 4.74 Å². The van der Waals surface area contributed by atoms with Crippen molar-refractivity contribution in [1.29, 1.82) is 0 Å². The van der Waals surface area contributed by atoms with Gasteiger partial charge in [0.2, 0.25) is 0 Å². The van der Waals surface area contributed by atoms with Gasteiger partial charge in [0, 0.05) is 6.08 Å². The summed E-state index contributed by atoms with van der Waals surface area (Å²) in [6.45, 7) is 2.57. The number of aryl methyl sites for hydroxylation is 1. The van der Waals surface area contributed by atoms with E-state index in [1.54, 1.807) is 6.08 Å². The number of hydrogen-bond acceptors (Lipinski definition) is 2. The number of ether oxygens (including phenoxy) is 1. The van der Waals surface area contributed by atoms with Crippen molar-refractivity contribution in [2.45, 2.75) is 13.5 Å². The molecule has 0 saturated carbocycles. The van der Waals surface area contributed by atoms with Crippen LogP contribution in [0.3, 0.4) is 0 Å². The molecule has 2 aromatic rings. The van der Waals surface area contributed by atoms with Gasteiger partial charge in [-0.05, 0) is 36.3 Å². The third-order valence-corrected chi connectivity index (χ3v) is 2.79. The van der Waals surface area contributed by atoms with Gasteiger partial charge in [0.25, 0.3) is 0 Å². The highest BCUT2D eigenvalue weighted by Crippen LogP contribution is 2.15. The molecular formula is C17H16O3. The van der Waals surface area contributed by atoms with E-state index < -0.39 is 5.97 Å². The van der Waals surface area contributed by atoms with Crippen molar-refractivity contribution in [3.05, 3.63) is 71.3 Å². The zero-order valence-electron chi connectivity index (χ0n) is 11.2. The van der Waals surface area contributed by atoms with Crippen LogP contribution in [-0.2, 0) is 11.4 Å². The van der Waals surface area contributed by atoms with E-state index in [4.69, 9.17) is 9.84 Å². The number of rotatable bonds is 5. The Hall–Kier alpha value is -2.55. The lowest BCUT2D eigenvalue weighted by atomic mass is 10.1. The Morgan fingerprint density at radius 1 is 1.20 bits per heavy atom. The molecule has 0 radical (unpaired) electrons. The van der Waals surface area contributed by atoms with E-state index >= 15 is 0 Å². The second-order valence-electron chi connectivity index (χ2n) is 4.52. The van der Waals surface area contributed by atoms with Crippen LogP contribution >= 0.6 is 0 Å². The van der Waals surface area contributed by atoms with E-state index in [0.29, 0.717) is 6.61 Å². The molecule has 2 rings (SSSR count). The lowest BCUT2D eigenvalue weighted by molar-refractivity contribution is -0.131. The number of benzene rings is 2. The third-order valence-electron chi connectivity index (χ3n) is 2.79. The Morgan fingerprint density at radius 2 is 1.95 bits per heavy atom. The van der Waals surface area contributed by atoms with Gasteiger partial charge in [-0.15, -0.1) is 0 Å². The molecule has 102 valence electrons. The summed E-state index contributed by atoms with van der Waals surface area (Å²) in [5.41, 5.74) is 3.16. The first-order chi connectivity index (χ1) is 9.63. The molecule has 0 aromatic heterocycles. The Labute approximate surface area is 118 Å². The van der Waals surface area contributed by atoms with Gasteiger partial charge >= 0.3 is 5.97 Å². The normalized spacial score (nSPS) is 10.7. The van der Waals surface area contributed by atoms with Crippen molar-refractivity contribution in [3.63, 3.8) is 0 Å². The van der Waals surface area contributed by atoms with Gasteiger partial charge in [-0.25, -0.2) is 4.79 Å². The van der Waals surface area contributed by atoms with Gasteiger partial charge in [-0.1, -0.05) is 42.0 Å². The highest BCUT2D eigenvalue weighted by molar-refractivity contribution is 5.85. The Kier molecular flexibility index (Phi) is 4.56. The Morgan fingerprint density at radius 3 is 2.60 bits per heavy atom. The standard InChI is InChI=1S/C17H16O3/c1-13-3-2-4-15(11-13)12-20-16-8-5-14(6-9-16)7-10-17(18)19/h2-11H,12H2,1H3,(H,18,19)/b10-7-. The van der Waals surface area contributed by atoms with Crippen molar-refractivity contribution in [1.82, 2.24) is 0 Å². The molecule has 0 unspecified atom stereocenters. The van der Waals surface area contributed by atoms with Crippen LogP contribution in [0.4, 0.5) is 0 Å². The minimum atomic E-state index is -0.954. The molecule has 0 aliphatic carbocycles. The van der Waals surface area contributed by atoms with E-state index in [1.165, 1.54) is 5.56 Å². The zero-order valence-corrected chi connectivity index (χ0v) is 11.2. The summed E-state index contributed by atoms with van der Waals surface area (Å²) in [7, 11) is 0. The fourth-order valence-electron chi connectivity index (χ4n) is 1.81. The second-order valence-corrected chi connectivity index (χ2v) is 4.52. The molecule has 0 heterocycles. The summed E-state index contributed by atoms with van der Waals surface area (Å²) in [5, 5.41) is 8.55. The van der Waals surface area contributed by atoms with Crippen molar-refractivity contribution in [3.8, 4) is 5.75 Å². The van der Waals surface area contributed by atoms with Gasteiger partial charge in [-0.3, -0.25) is 0 Å².